The predicted octanol–water partition coefficient (Wildman–Crippen LogP) is 4.04. The van der Waals surface area contributed by atoms with Crippen LogP contribution in [0.4, 0.5) is 0 Å². The van der Waals surface area contributed by atoms with E-state index in [1.54, 1.807) is 0 Å². The second-order valence-corrected chi connectivity index (χ2v) is 7.91. The smallest absolute Gasteiger partial charge is 0.127 e. The molecule has 2 saturated carbocycles. The number of likely N-dealkylation sites (tertiary alicyclic amines) is 1. The molecule has 20 heavy (non-hydrogen) atoms. The number of hydrogen-bond acceptors (Lipinski definition) is 2. The van der Waals surface area contributed by atoms with Gasteiger partial charge in [0.05, 0.1) is 0 Å². The Morgan fingerprint density at radius 3 is 2.60 bits per heavy atom. The quantitative estimate of drug-likeness (QED) is 0.723. The summed E-state index contributed by atoms with van der Waals surface area (Å²) < 4.78 is 0. The summed E-state index contributed by atoms with van der Waals surface area (Å²) in [6.07, 6.45) is 14.6. The average Bonchev–Trinajstić information content (AvgIpc) is 3.09. The van der Waals surface area contributed by atoms with Crippen LogP contribution in [0.3, 0.4) is 0 Å². The van der Waals surface area contributed by atoms with E-state index in [0.717, 1.165) is 37.3 Å². The van der Waals surface area contributed by atoms with Crippen LogP contribution in [0.2, 0.25) is 0 Å². The summed E-state index contributed by atoms with van der Waals surface area (Å²) in [7, 11) is 0. The fourth-order valence-electron chi connectivity index (χ4n) is 5.32. The molecule has 3 atom stereocenters. The van der Waals surface area contributed by atoms with Crippen molar-refractivity contribution in [2.75, 3.05) is 13.1 Å². The number of hydrogen-bond donors (Lipinski definition) is 0. The Labute approximate surface area is 124 Å². The lowest BCUT2D eigenvalue weighted by Crippen LogP contribution is -2.45. The molecule has 0 aromatic heterocycles. The van der Waals surface area contributed by atoms with Crippen molar-refractivity contribution >= 4 is 6.29 Å². The summed E-state index contributed by atoms with van der Waals surface area (Å²) in [6, 6.07) is 0.798. The van der Waals surface area contributed by atoms with E-state index in [0.29, 0.717) is 0 Å². The van der Waals surface area contributed by atoms with Crippen LogP contribution in [0.25, 0.3) is 0 Å². The molecular weight excluding hydrogens is 246 g/mol. The molecule has 0 amide bonds. The van der Waals surface area contributed by atoms with Crippen LogP contribution < -0.4 is 0 Å². The zero-order valence-corrected chi connectivity index (χ0v) is 13.2. The van der Waals surface area contributed by atoms with Crippen LogP contribution in [-0.4, -0.2) is 30.3 Å². The lowest BCUT2D eigenvalue weighted by Gasteiger charge is -2.41. The van der Waals surface area contributed by atoms with Crippen molar-refractivity contribution in [1.29, 1.82) is 0 Å². The van der Waals surface area contributed by atoms with Crippen molar-refractivity contribution in [1.82, 2.24) is 4.90 Å². The molecule has 0 radical (unpaired) electrons. The van der Waals surface area contributed by atoms with Crippen LogP contribution in [0, 0.1) is 17.3 Å². The minimum Gasteiger partial charge on any atom is -0.303 e. The molecule has 0 N–H and O–H groups in total. The number of carbonyl (C=O) groups is 1. The second kappa shape index (κ2) is 6.17. The maximum atomic E-state index is 11.8. The third-order valence-corrected chi connectivity index (χ3v) is 6.25. The molecule has 1 heterocycles. The van der Waals surface area contributed by atoms with Gasteiger partial charge in [0, 0.05) is 18.0 Å². The highest BCUT2D eigenvalue weighted by Gasteiger charge is 2.41. The molecule has 2 aliphatic carbocycles. The molecule has 0 aromatic carbocycles. The predicted molar refractivity (Wildman–Crippen MR) is 82.7 cm³/mol. The largest absolute Gasteiger partial charge is 0.303 e. The minimum absolute atomic E-state index is 0.0150. The Kier molecular flexibility index (Phi) is 4.49. The van der Waals surface area contributed by atoms with Crippen LogP contribution in [0.1, 0.15) is 71.1 Å². The van der Waals surface area contributed by atoms with Gasteiger partial charge >= 0.3 is 0 Å². The highest BCUT2D eigenvalue weighted by molar-refractivity contribution is 5.60. The first-order valence-electron chi connectivity index (χ1n) is 8.93. The fraction of sp³-hybridized carbons (Fsp3) is 0.944. The lowest BCUT2D eigenvalue weighted by atomic mass is 9.70. The van der Waals surface area contributed by atoms with Crippen molar-refractivity contribution in [2.45, 2.75) is 77.2 Å². The van der Waals surface area contributed by atoms with Crippen molar-refractivity contribution in [3.05, 3.63) is 0 Å². The first-order chi connectivity index (χ1) is 9.72. The maximum Gasteiger partial charge on any atom is 0.127 e. The highest BCUT2D eigenvalue weighted by Crippen LogP contribution is 2.42. The topological polar surface area (TPSA) is 20.3 Å². The maximum absolute atomic E-state index is 11.8. The molecular formula is C18H31NO. The number of carbonyl (C=O) groups excluding carboxylic acids is 1. The number of rotatable bonds is 4. The van der Waals surface area contributed by atoms with E-state index < -0.39 is 0 Å². The summed E-state index contributed by atoms with van der Waals surface area (Å²) in [4.78, 5) is 14.5. The van der Waals surface area contributed by atoms with E-state index in [-0.39, 0.29) is 5.41 Å². The van der Waals surface area contributed by atoms with Gasteiger partial charge in [-0.05, 0) is 56.9 Å². The molecule has 1 aliphatic heterocycles. The molecule has 0 spiro atoms. The van der Waals surface area contributed by atoms with E-state index in [4.69, 9.17) is 0 Å². The Bertz CT molecular complexity index is 336. The lowest BCUT2D eigenvalue weighted by molar-refractivity contribution is -0.120. The third kappa shape index (κ3) is 2.95. The zero-order chi connectivity index (χ0) is 14.0. The molecule has 3 fully saturated rings. The van der Waals surface area contributed by atoms with E-state index in [1.165, 1.54) is 64.2 Å². The van der Waals surface area contributed by atoms with E-state index in [9.17, 15) is 4.79 Å². The van der Waals surface area contributed by atoms with Gasteiger partial charge in [0.15, 0.2) is 0 Å². The summed E-state index contributed by atoms with van der Waals surface area (Å²) in [5.41, 5.74) is -0.0150. The summed E-state index contributed by atoms with van der Waals surface area (Å²) in [5, 5.41) is 0. The van der Waals surface area contributed by atoms with Crippen molar-refractivity contribution in [2.24, 2.45) is 17.3 Å². The first kappa shape index (κ1) is 14.6. The Morgan fingerprint density at radius 1 is 1.10 bits per heavy atom. The molecule has 114 valence electrons. The summed E-state index contributed by atoms with van der Waals surface area (Å²) >= 11 is 0. The van der Waals surface area contributed by atoms with Gasteiger partial charge in [0.1, 0.15) is 6.29 Å². The van der Waals surface area contributed by atoms with Crippen LogP contribution in [0.15, 0.2) is 0 Å². The molecule has 2 nitrogen and oxygen atoms in total. The van der Waals surface area contributed by atoms with Crippen LogP contribution >= 0.6 is 0 Å². The van der Waals surface area contributed by atoms with E-state index in [1.807, 2.05) is 0 Å². The summed E-state index contributed by atoms with van der Waals surface area (Å²) in [6.45, 7) is 4.63. The normalized spacial score (nSPS) is 40.2. The Balaban J connectivity index is 1.66. The van der Waals surface area contributed by atoms with E-state index in [2.05, 4.69) is 11.8 Å². The molecule has 1 saturated heterocycles. The Morgan fingerprint density at radius 2 is 1.90 bits per heavy atom. The first-order valence-corrected chi connectivity index (χ1v) is 8.93. The van der Waals surface area contributed by atoms with Crippen LogP contribution in [-0.2, 0) is 4.79 Å². The molecule has 3 unspecified atom stereocenters. The molecule has 3 rings (SSSR count). The van der Waals surface area contributed by atoms with Crippen molar-refractivity contribution < 1.29 is 4.79 Å². The fourth-order valence-corrected chi connectivity index (χ4v) is 5.32. The van der Waals surface area contributed by atoms with Gasteiger partial charge in [-0.3, -0.25) is 4.90 Å². The molecule has 2 heteroatoms. The molecule has 0 bridgehead atoms. The van der Waals surface area contributed by atoms with E-state index >= 15 is 0 Å². The van der Waals surface area contributed by atoms with Gasteiger partial charge in [0.2, 0.25) is 0 Å². The zero-order valence-electron chi connectivity index (χ0n) is 13.2. The van der Waals surface area contributed by atoms with Crippen molar-refractivity contribution in [3.8, 4) is 0 Å². The van der Waals surface area contributed by atoms with Crippen molar-refractivity contribution in [3.63, 3.8) is 0 Å². The standard InChI is InChI=1S/C18H31NO/c1-15-6-4-10-18(12-15,14-20)13-19-11-5-9-17(19)16-7-2-3-8-16/h14-17H,2-13H2,1H3. The van der Waals surface area contributed by atoms with Gasteiger partial charge in [0.25, 0.3) is 0 Å². The van der Waals surface area contributed by atoms with Gasteiger partial charge in [-0.15, -0.1) is 0 Å². The van der Waals surface area contributed by atoms with Gasteiger partial charge in [-0.2, -0.15) is 0 Å². The van der Waals surface area contributed by atoms with Gasteiger partial charge < -0.3 is 4.79 Å². The summed E-state index contributed by atoms with van der Waals surface area (Å²) in [5.74, 6) is 1.67. The monoisotopic (exact) mass is 277 g/mol. The number of nitrogens with zero attached hydrogens (tertiary/aromatic N) is 1. The number of aldehydes is 1. The van der Waals surface area contributed by atoms with Crippen LogP contribution in [0.5, 0.6) is 0 Å². The molecule has 3 aliphatic rings. The van der Waals surface area contributed by atoms with Gasteiger partial charge in [-0.25, -0.2) is 0 Å². The van der Waals surface area contributed by atoms with Gasteiger partial charge in [-0.1, -0.05) is 32.6 Å². The minimum atomic E-state index is -0.0150. The molecule has 0 aromatic rings. The Hall–Kier alpha value is -0.370. The second-order valence-electron chi connectivity index (χ2n) is 7.91. The SMILES string of the molecule is CC1CCCC(C=O)(CN2CCCC2C2CCCC2)C1. The average molecular weight is 277 g/mol. The highest BCUT2D eigenvalue weighted by atomic mass is 16.1. The third-order valence-electron chi connectivity index (χ3n) is 6.25.